The molecule has 1 aliphatic rings. The number of rotatable bonds is 4. The molecule has 3 N–H and O–H groups in total. The predicted octanol–water partition coefficient (Wildman–Crippen LogP) is -0.135. The summed E-state index contributed by atoms with van der Waals surface area (Å²) in [5.41, 5.74) is 0. The van der Waals surface area contributed by atoms with E-state index in [9.17, 15) is 22.8 Å². The Labute approximate surface area is 112 Å². The molecule has 0 radical (unpaired) electrons. The average molecular weight is 308 g/mol. The van der Waals surface area contributed by atoms with E-state index in [4.69, 9.17) is 0 Å². The van der Waals surface area contributed by atoms with Crippen LogP contribution in [0.15, 0.2) is 0 Å². The Balaban J connectivity index is 0.00000289. The molecule has 0 bridgehead atoms. The van der Waals surface area contributed by atoms with Gasteiger partial charge in [0, 0.05) is 11.6 Å². The Bertz CT molecular complexity index is 298. The van der Waals surface area contributed by atoms with Crippen molar-refractivity contribution in [2.45, 2.75) is 12.2 Å². The van der Waals surface area contributed by atoms with Crippen LogP contribution in [0.1, 0.15) is 0 Å². The predicted molar refractivity (Wildman–Crippen MR) is 63.6 cm³/mol. The Morgan fingerprint density at radius 3 is 2.50 bits per heavy atom. The molecule has 106 valence electrons. The molecule has 0 saturated carbocycles. The highest BCUT2D eigenvalue weighted by Crippen LogP contribution is 2.12. The van der Waals surface area contributed by atoms with Gasteiger partial charge in [-0.05, 0) is 0 Å². The van der Waals surface area contributed by atoms with Crippen molar-refractivity contribution in [1.29, 1.82) is 0 Å². The van der Waals surface area contributed by atoms with E-state index in [1.165, 1.54) is 11.8 Å². The van der Waals surface area contributed by atoms with Crippen LogP contribution in [-0.4, -0.2) is 48.8 Å². The fourth-order valence-electron chi connectivity index (χ4n) is 1.12. The molecule has 10 heteroatoms. The second-order valence-corrected chi connectivity index (χ2v) is 4.41. The summed E-state index contributed by atoms with van der Waals surface area (Å²) in [6, 6.07) is -0.379. The molecule has 0 aromatic rings. The summed E-state index contributed by atoms with van der Waals surface area (Å²) in [6.07, 6.45) is -4.44. The van der Waals surface area contributed by atoms with E-state index in [0.717, 1.165) is 0 Å². The minimum absolute atomic E-state index is 0. The van der Waals surface area contributed by atoms with Crippen molar-refractivity contribution in [3.63, 3.8) is 0 Å². The van der Waals surface area contributed by atoms with Crippen LogP contribution in [-0.2, 0) is 9.59 Å². The fourth-order valence-corrected chi connectivity index (χ4v) is 2.06. The minimum Gasteiger partial charge on any atom is -0.346 e. The molecule has 0 aliphatic carbocycles. The van der Waals surface area contributed by atoms with Crippen molar-refractivity contribution in [3.05, 3.63) is 0 Å². The third-order valence-electron chi connectivity index (χ3n) is 1.94. The lowest BCUT2D eigenvalue weighted by Gasteiger charge is -2.11. The van der Waals surface area contributed by atoms with Crippen molar-refractivity contribution < 1.29 is 22.8 Å². The van der Waals surface area contributed by atoms with E-state index in [1.807, 2.05) is 0 Å². The topological polar surface area (TPSA) is 70.2 Å². The summed E-state index contributed by atoms with van der Waals surface area (Å²) >= 11 is 1.54. The first-order valence-corrected chi connectivity index (χ1v) is 5.96. The number of hydrogen-bond donors (Lipinski definition) is 3. The van der Waals surface area contributed by atoms with Crippen molar-refractivity contribution in [1.82, 2.24) is 16.0 Å². The summed E-state index contributed by atoms with van der Waals surface area (Å²) in [4.78, 5) is 22.3. The lowest BCUT2D eigenvalue weighted by molar-refractivity contribution is -0.138. The van der Waals surface area contributed by atoms with E-state index in [0.29, 0.717) is 11.6 Å². The standard InChI is InChI=1S/C8H12F3N3O2S.ClH/c9-8(10,11)3-13-6(15)1-12-7(16)5-2-17-4-14-5;/h5,14H,1-4H2,(H,12,16)(H,13,15);1H. The SMILES string of the molecule is Cl.O=C(CNC(=O)C1CSCN1)NCC(F)(F)F. The monoisotopic (exact) mass is 307 g/mol. The van der Waals surface area contributed by atoms with E-state index in [1.54, 1.807) is 5.32 Å². The summed E-state index contributed by atoms with van der Waals surface area (Å²) in [6.45, 7) is -1.84. The van der Waals surface area contributed by atoms with Gasteiger partial charge in [0.15, 0.2) is 0 Å². The molecular weight excluding hydrogens is 295 g/mol. The number of carbonyl (C=O) groups excluding carboxylic acids is 2. The van der Waals surface area contributed by atoms with Gasteiger partial charge in [0.1, 0.15) is 6.54 Å². The number of alkyl halides is 3. The van der Waals surface area contributed by atoms with Crippen LogP contribution in [0.3, 0.4) is 0 Å². The van der Waals surface area contributed by atoms with Gasteiger partial charge in [-0.15, -0.1) is 24.2 Å². The van der Waals surface area contributed by atoms with Gasteiger partial charge in [0.05, 0.1) is 12.6 Å². The maximum atomic E-state index is 11.7. The van der Waals surface area contributed by atoms with Gasteiger partial charge >= 0.3 is 6.18 Å². The van der Waals surface area contributed by atoms with E-state index >= 15 is 0 Å². The average Bonchev–Trinajstić information content (AvgIpc) is 2.75. The van der Waals surface area contributed by atoms with Crippen molar-refractivity contribution >= 4 is 36.0 Å². The molecule has 0 spiro atoms. The highest BCUT2D eigenvalue weighted by Gasteiger charge is 2.28. The van der Waals surface area contributed by atoms with Crippen LogP contribution in [0, 0.1) is 0 Å². The van der Waals surface area contributed by atoms with Gasteiger partial charge in [-0.2, -0.15) is 13.2 Å². The van der Waals surface area contributed by atoms with Crippen LogP contribution < -0.4 is 16.0 Å². The second kappa shape index (κ2) is 7.70. The lowest BCUT2D eigenvalue weighted by Crippen LogP contribution is -2.46. The van der Waals surface area contributed by atoms with Crippen molar-refractivity contribution in [2.24, 2.45) is 0 Å². The van der Waals surface area contributed by atoms with Gasteiger partial charge in [-0.25, -0.2) is 0 Å². The van der Waals surface area contributed by atoms with Crippen molar-refractivity contribution in [3.8, 4) is 0 Å². The van der Waals surface area contributed by atoms with Crippen molar-refractivity contribution in [2.75, 3.05) is 24.7 Å². The van der Waals surface area contributed by atoms with Crippen LogP contribution in [0.4, 0.5) is 13.2 Å². The third-order valence-corrected chi connectivity index (χ3v) is 2.88. The molecule has 18 heavy (non-hydrogen) atoms. The Hall–Kier alpha value is -0.670. The molecule has 5 nitrogen and oxygen atoms in total. The fraction of sp³-hybridized carbons (Fsp3) is 0.750. The Morgan fingerprint density at radius 2 is 2.00 bits per heavy atom. The number of halogens is 4. The summed E-state index contributed by atoms with van der Waals surface area (Å²) in [5.74, 6) is 0.00689. The lowest BCUT2D eigenvalue weighted by atomic mass is 10.3. The minimum atomic E-state index is -4.44. The number of nitrogens with one attached hydrogen (secondary N) is 3. The summed E-state index contributed by atoms with van der Waals surface area (Å²) < 4.78 is 35.2. The number of thioether (sulfide) groups is 1. The molecule has 0 aromatic carbocycles. The maximum absolute atomic E-state index is 11.7. The van der Waals surface area contributed by atoms with E-state index in [-0.39, 0.29) is 24.4 Å². The van der Waals surface area contributed by atoms with Gasteiger partial charge in [0.2, 0.25) is 11.8 Å². The molecule has 1 fully saturated rings. The highest BCUT2D eigenvalue weighted by atomic mass is 35.5. The first kappa shape index (κ1) is 17.3. The van der Waals surface area contributed by atoms with Gasteiger partial charge in [0.25, 0.3) is 0 Å². The molecule has 1 rings (SSSR count). The Kier molecular flexibility index (Phi) is 7.41. The zero-order chi connectivity index (χ0) is 12.9. The molecule has 1 unspecified atom stereocenters. The first-order chi connectivity index (χ1) is 7.88. The molecule has 0 aromatic heterocycles. The van der Waals surface area contributed by atoms with Gasteiger partial charge in [-0.1, -0.05) is 0 Å². The number of carbonyl (C=O) groups is 2. The molecule has 1 saturated heterocycles. The van der Waals surface area contributed by atoms with E-state index < -0.39 is 25.2 Å². The quantitative estimate of drug-likeness (QED) is 0.676. The van der Waals surface area contributed by atoms with E-state index in [2.05, 4.69) is 10.6 Å². The first-order valence-electron chi connectivity index (χ1n) is 4.81. The van der Waals surface area contributed by atoms with Crippen LogP contribution in [0.2, 0.25) is 0 Å². The zero-order valence-corrected chi connectivity index (χ0v) is 10.8. The van der Waals surface area contributed by atoms with Gasteiger partial charge < -0.3 is 10.6 Å². The molecule has 1 atom stereocenters. The smallest absolute Gasteiger partial charge is 0.346 e. The second-order valence-electron chi connectivity index (χ2n) is 3.38. The molecule has 1 heterocycles. The van der Waals surface area contributed by atoms with Crippen LogP contribution >= 0.6 is 24.2 Å². The van der Waals surface area contributed by atoms with Crippen LogP contribution in [0.5, 0.6) is 0 Å². The third kappa shape index (κ3) is 6.92. The summed E-state index contributed by atoms with van der Waals surface area (Å²) in [7, 11) is 0. The Morgan fingerprint density at radius 1 is 1.33 bits per heavy atom. The number of hydrogen-bond acceptors (Lipinski definition) is 4. The van der Waals surface area contributed by atoms with Crippen LogP contribution in [0.25, 0.3) is 0 Å². The molecule has 2 amide bonds. The number of amides is 2. The molecular formula is C8H13ClF3N3O2S. The normalized spacial score (nSPS) is 18.9. The summed E-state index contributed by atoms with van der Waals surface area (Å²) in [5, 5.41) is 6.81. The molecule has 1 aliphatic heterocycles. The maximum Gasteiger partial charge on any atom is 0.405 e. The van der Waals surface area contributed by atoms with Gasteiger partial charge in [-0.3, -0.25) is 14.9 Å². The zero-order valence-electron chi connectivity index (χ0n) is 9.17. The highest BCUT2D eigenvalue weighted by molar-refractivity contribution is 7.99. The largest absolute Gasteiger partial charge is 0.405 e.